The molecule has 0 aliphatic carbocycles. The zero-order valence-corrected chi connectivity index (χ0v) is 26.1. The molecule has 0 saturated heterocycles. The van der Waals surface area contributed by atoms with Crippen LogP contribution in [0.5, 0.6) is 0 Å². The Morgan fingerprint density at radius 1 is 0.804 bits per heavy atom. The van der Waals surface area contributed by atoms with Gasteiger partial charge in [-0.15, -0.1) is 0 Å². The number of anilines is 2. The highest BCUT2D eigenvalue weighted by Gasteiger charge is 2.17. The van der Waals surface area contributed by atoms with Crippen molar-refractivity contribution in [2.45, 2.75) is 25.2 Å². The third-order valence-electron chi connectivity index (χ3n) is 7.23. The average molecular weight is 633 g/mol. The maximum absolute atomic E-state index is 13.5. The minimum Gasteiger partial charge on any atom is -0.457 e. The molecule has 2 amide bonds. The largest absolute Gasteiger partial charge is 0.457 e. The Labute approximate surface area is 267 Å². The Balaban J connectivity index is 1.30. The van der Waals surface area contributed by atoms with Gasteiger partial charge >= 0.3 is 0 Å². The smallest absolute Gasteiger partial charge is 0.248 e. The van der Waals surface area contributed by atoms with Crippen molar-refractivity contribution in [2.24, 2.45) is 0 Å². The zero-order chi connectivity index (χ0) is 32.7. The summed E-state index contributed by atoms with van der Waals surface area (Å²) >= 11 is 0. The quantitative estimate of drug-likeness (QED) is 0.118. The van der Waals surface area contributed by atoms with Crippen molar-refractivity contribution in [1.82, 2.24) is 0 Å². The molecule has 5 rings (SSSR count). The molecule has 0 atom stereocenters. The molecule has 1 heterocycles. The van der Waals surface area contributed by atoms with Crippen molar-refractivity contribution in [3.63, 3.8) is 0 Å². The van der Waals surface area contributed by atoms with Gasteiger partial charge in [-0.05, 0) is 73.2 Å². The van der Waals surface area contributed by atoms with E-state index in [2.05, 4.69) is 10.6 Å². The number of hydrogen-bond donors (Lipinski definition) is 2. The molecular weight excluding hydrogens is 600 g/mol. The number of hydrogen-bond acceptors (Lipinski definition) is 6. The summed E-state index contributed by atoms with van der Waals surface area (Å²) in [4.78, 5) is 39.4. The SMILES string of the molecule is CCS(=O)(=O)c1ccc(-c2ccc(/C=C/C(=O)Nc3ccc(NC(=O)Cc4ccc(C)cc4)c(C(=O)c4ccccc4)c3)o2)cc1. The molecule has 0 unspecified atom stereocenters. The third kappa shape index (κ3) is 7.94. The minimum atomic E-state index is -3.30. The molecule has 0 aliphatic heterocycles. The van der Waals surface area contributed by atoms with Crippen LogP contribution in [0, 0.1) is 6.92 Å². The molecule has 8 nitrogen and oxygen atoms in total. The van der Waals surface area contributed by atoms with Crippen LogP contribution in [-0.4, -0.2) is 31.8 Å². The number of amides is 2. The van der Waals surface area contributed by atoms with Gasteiger partial charge in [0.2, 0.25) is 11.8 Å². The van der Waals surface area contributed by atoms with Gasteiger partial charge < -0.3 is 15.1 Å². The summed E-state index contributed by atoms with van der Waals surface area (Å²) in [5, 5.41) is 5.61. The molecule has 0 radical (unpaired) electrons. The summed E-state index contributed by atoms with van der Waals surface area (Å²) in [7, 11) is -3.30. The van der Waals surface area contributed by atoms with Crippen LogP contribution in [-0.2, 0) is 25.8 Å². The number of sulfone groups is 1. The average Bonchev–Trinajstić information content (AvgIpc) is 3.55. The number of ketones is 1. The first-order valence-corrected chi connectivity index (χ1v) is 16.3. The molecule has 46 heavy (non-hydrogen) atoms. The highest BCUT2D eigenvalue weighted by molar-refractivity contribution is 7.91. The van der Waals surface area contributed by atoms with Crippen molar-refractivity contribution < 1.29 is 27.2 Å². The number of carbonyl (C=O) groups excluding carboxylic acids is 3. The number of benzene rings is 4. The number of aryl methyl sites for hydroxylation is 1. The number of furan rings is 1. The first kappa shape index (κ1) is 31.9. The number of carbonyl (C=O) groups is 3. The Bertz CT molecular complexity index is 2010. The second-order valence-corrected chi connectivity index (χ2v) is 12.9. The standard InChI is InChI=1S/C37H32N2O6S/c1-3-46(43,44)31-18-13-27(14-19-31)34-21-16-30(45-34)17-22-35(40)38-29-15-20-33(32(24-29)37(42)28-7-5-4-6-8-28)39-36(41)23-26-11-9-25(2)10-12-26/h4-22,24H,3,23H2,1-2H3,(H,38,40)(H,39,41)/b22-17+. The Morgan fingerprint density at radius 3 is 2.22 bits per heavy atom. The van der Waals surface area contributed by atoms with Crippen molar-refractivity contribution in [3.05, 3.63) is 143 Å². The molecule has 1 aromatic heterocycles. The zero-order valence-electron chi connectivity index (χ0n) is 25.3. The molecular formula is C37H32N2O6S. The molecule has 0 saturated carbocycles. The van der Waals surface area contributed by atoms with E-state index < -0.39 is 15.7 Å². The highest BCUT2D eigenvalue weighted by Crippen LogP contribution is 2.26. The van der Waals surface area contributed by atoms with Gasteiger partial charge in [-0.25, -0.2) is 8.42 Å². The van der Waals surface area contributed by atoms with E-state index in [1.807, 2.05) is 37.3 Å². The fraction of sp³-hybridized carbons (Fsp3) is 0.108. The van der Waals surface area contributed by atoms with Crippen LogP contribution in [0.25, 0.3) is 17.4 Å². The van der Waals surface area contributed by atoms with Crippen LogP contribution >= 0.6 is 0 Å². The Morgan fingerprint density at radius 2 is 1.52 bits per heavy atom. The number of nitrogens with one attached hydrogen (secondary N) is 2. The summed E-state index contributed by atoms with van der Waals surface area (Å²) in [5.74, 6) is -0.0797. The second kappa shape index (κ2) is 14.0. The highest BCUT2D eigenvalue weighted by atomic mass is 32.2. The topological polar surface area (TPSA) is 123 Å². The van der Waals surface area contributed by atoms with Gasteiger partial charge in [0.15, 0.2) is 15.6 Å². The van der Waals surface area contributed by atoms with Crippen LogP contribution < -0.4 is 10.6 Å². The fourth-order valence-electron chi connectivity index (χ4n) is 4.68. The molecule has 0 spiro atoms. The molecule has 0 fully saturated rings. The van der Waals surface area contributed by atoms with Crippen LogP contribution in [0.1, 0.15) is 39.7 Å². The summed E-state index contributed by atoms with van der Waals surface area (Å²) in [6.45, 7) is 3.57. The minimum absolute atomic E-state index is 0.0178. The molecule has 0 aliphatic rings. The van der Waals surface area contributed by atoms with E-state index in [0.29, 0.717) is 34.0 Å². The Hall–Kier alpha value is -5.54. The lowest BCUT2D eigenvalue weighted by Crippen LogP contribution is -2.18. The summed E-state index contributed by atoms with van der Waals surface area (Å²) < 4.78 is 30.0. The molecule has 0 bridgehead atoms. The molecule has 9 heteroatoms. The normalized spacial score (nSPS) is 11.3. The summed E-state index contributed by atoms with van der Waals surface area (Å²) in [5.41, 5.74) is 4.01. The van der Waals surface area contributed by atoms with E-state index in [0.717, 1.165) is 11.1 Å². The maximum atomic E-state index is 13.5. The van der Waals surface area contributed by atoms with E-state index in [9.17, 15) is 22.8 Å². The second-order valence-electron chi connectivity index (χ2n) is 10.6. The van der Waals surface area contributed by atoms with E-state index in [4.69, 9.17) is 4.42 Å². The molecule has 5 aromatic rings. The van der Waals surface area contributed by atoms with Crippen LogP contribution in [0.2, 0.25) is 0 Å². The van der Waals surface area contributed by atoms with Gasteiger partial charge in [0.05, 0.1) is 22.8 Å². The van der Waals surface area contributed by atoms with Crippen LogP contribution in [0.3, 0.4) is 0 Å². The molecule has 4 aromatic carbocycles. The lowest BCUT2D eigenvalue weighted by atomic mass is 10.0. The van der Waals surface area contributed by atoms with Gasteiger partial charge in [-0.1, -0.05) is 67.1 Å². The molecule has 232 valence electrons. The van der Waals surface area contributed by atoms with Crippen molar-refractivity contribution >= 4 is 44.9 Å². The van der Waals surface area contributed by atoms with Crippen molar-refractivity contribution in [2.75, 3.05) is 16.4 Å². The van der Waals surface area contributed by atoms with Crippen molar-refractivity contribution in [1.29, 1.82) is 0 Å². The monoisotopic (exact) mass is 632 g/mol. The molecule has 2 N–H and O–H groups in total. The van der Waals surface area contributed by atoms with Gasteiger partial charge in [-0.3, -0.25) is 14.4 Å². The number of rotatable bonds is 11. The van der Waals surface area contributed by atoms with E-state index >= 15 is 0 Å². The Kier molecular flexibility index (Phi) is 9.73. The summed E-state index contributed by atoms with van der Waals surface area (Å²) in [6, 6.07) is 30.9. The van der Waals surface area contributed by atoms with E-state index in [-0.39, 0.29) is 34.3 Å². The van der Waals surface area contributed by atoms with Crippen LogP contribution in [0.15, 0.2) is 125 Å². The predicted octanol–water partition coefficient (Wildman–Crippen LogP) is 7.11. The first-order chi connectivity index (χ1) is 22.1. The van der Waals surface area contributed by atoms with Gasteiger partial charge in [-0.2, -0.15) is 0 Å². The third-order valence-corrected chi connectivity index (χ3v) is 8.98. The van der Waals surface area contributed by atoms with E-state index in [1.54, 1.807) is 67.6 Å². The van der Waals surface area contributed by atoms with Gasteiger partial charge in [0, 0.05) is 28.5 Å². The van der Waals surface area contributed by atoms with Crippen LogP contribution in [0.4, 0.5) is 11.4 Å². The lowest BCUT2D eigenvalue weighted by molar-refractivity contribution is -0.115. The predicted molar refractivity (Wildman–Crippen MR) is 179 cm³/mol. The fourth-order valence-corrected chi connectivity index (χ4v) is 5.57. The first-order valence-electron chi connectivity index (χ1n) is 14.6. The summed E-state index contributed by atoms with van der Waals surface area (Å²) in [6.07, 6.45) is 2.95. The van der Waals surface area contributed by atoms with Crippen molar-refractivity contribution in [3.8, 4) is 11.3 Å². The van der Waals surface area contributed by atoms with Gasteiger partial charge in [0.1, 0.15) is 11.5 Å². The van der Waals surface area contributed by atoms with Gasteiger partial charge in [0.25, 0.3) is 0 Å². The maximum Gasteiger partial charge on any atom is 0.248 e. The van der Waals surface area contributed by atoms with E-state index in [1.165, 1.54) is 30.4 Å². The lowest BCUT2D eigenvalue weighted by Gasteiger charge is -2.13.